The number of primary amides is 1. The van der Waals surface area contributed by atoms with Crippen LogP contribution in [-0.2, 0) is 4.74 Å². The molecule has 0 radical (unpaired) electrons. The highest BCUT2D eigenvalue weighted by molar-refractivity contribution is 6.19. The van der Waals surface area contributed by atoms with E-state index in [1.54, 1.807) is 56.0 Å². The van der Waals surface area contributed by atoms with Gasteiger partial charge in [0.25, 0.3) is 5.91 Å². The van der Waals surface area contributed by atoms with Crippen molar-refractivity contribution in [2.24, 2.45) is 5.73 Å². The van der Waals surface area contributed by atoms with Crippen LogP contribution < -0.4 is 22.1 Å². The molecule has 0 saturated carbocycles. The summed E-state index contributed by atoms with van der Waals surface area (Å²) in [6.07, 6.45) is 1.13. The largest absolute Gasteiger partial charge is 0.444 e. The molecule has 4 aromatic rings. The van der Waals surface area contributed by atoms with Crippen molar-refractivity contribution in [3.05, 3.63) is 52.6 Å². The molecule has 0 spiro atoms. The Labute approximate surface area is 226 Å². The van der Waals surface area contributed by atoms with Crippen molar-refractivity contribution in [2.45, 2.75) is 39.2 Å². The average Bonchev–Trinajstić information content (AvgIpc) is 3.40. The van der Waals surface area contributed by atoms with Crippen LogP contribution in [0.3, 0.4) is 0 Å². The van der Waals surface area contributed by atoms with Crippen LogP contribution in [0.1, 0.15) is 65.5 Å². The maximum atomic E-state index is 13.1. The molecule has 0 aliphatic carbocycles. The van der Waals surface area contributed by atoms with Crippen LogP contribution in [0.15, 0.2) is 30.3 Å². The van der Waals surface area contributed by atoms with Gasteiger partial charge in [-0.15, -0.1) is 0 Å². The van der Waals surface area contributed by atoms with E-state index >= 15 is 0 Å². The van der Waals surface area contributed by atoms with Crippen LogP contribution in [0, 0.1) is 17.3 Å². The number of nitrogens with one attached hydrogen (secondary N) is 3. The van der Waals surface area contributed by atoms with Crippen molar-refractivity contribution in [1.82, 2.24) is 15.2 Å². The van der Waals surface area contributed by atoms with E-state index in [1.165, 1.54) is 0 Å². The van der Waals surface area contributed by atoms with E-state index in [0.717, 1.165) is 18.5 Å². The lowest BCUT2D eigenvalue weighted by molar-refractivity contribution is 0.0562. The van der Waals surface area contributed by atoms with Gasteiger partial charge in [-0.05, 0) is 63.9 Å². The molecule has 1 fully saturated rings. The zero-order valence-corrected chi connectivity index (χ0v) is 22.1. The molecule has 1 aliphatic heterocycles. The van der Waals surface area contributed by atoms with E-state index in [9.17, 15) is 14.4 Å². The molecule has 7 N–H and O–H groups in total. The number of carbonyl (C=O) groups is 3. The Balaban J connectivity index is 1.45. The summed E-state index contributed by atoms with van der Waals surface area (Å²) in [5.74, 6) is 5.00. The Kier molecular flexibility index (Phi) is 7.58. The van der Waals surface area contributed by atoms with E-state index in [2.05, 4.69) is 27.5 Å². The molecule has 3 amide bonds. The zero-order valence-electron chi connectivity index (χ0n) is 22.1. The number of aromatic nitrogens is 1. The van der Waals surface area contributed by atoms with Crippen LogP contribution in [0.2, 0.25) is 0 Å². The predicted octanol–water partition coefficient (Wildman–Crippen LogP) is 2.90. The van der Waals surface area contributed by atoms with Gasteiger partial charge >= 0.3 is 6.09 Å². The topological polar surface area (TPSA) is 177 Å². The number of rotatable bonds is 5. The highest BCUT2D eigenvalue weighted by atomic mass is 16.6. The summed E-state index contributed by atoms with van der Waals surface area (Å²) in [6.45, 7) is 6.75. The monoisotopic (exact) mass is 529 g/mol. The number of fused-ring (bicyclic) bond motifs is 3. The van der Waals surface area contributed by atoms with Crippen molar-refractivity contribution < 1.29 is 19.1 Å². The van der Waals surface area contributed by atoms with Gasteiger partial charge in [0.1, 0.15) is 17.3 Å². The lowest BCUT2D eigenvalue weighted by atomic mass is 9.94. The van der Waals surface area contributed by atoms with Gasteiger partial charge < -0.3 is 26.4 Å². The molecule has 202 valence electrons. The van der Waals surface area contributed by atoms with E-state index in [-0.39, 0.29) is 40.6 Å². The number of pyridine rings is 2. The van der Waals surface area contributed by atoms with Crippen molar-refractivity contribution >= 4 is 46.2 Å². The minimum Gasteiger partial charge on any atom is -0.444 e. The summed E-state index contributed by atoms with van der Waals surface area (Å²) in [7, 11) is 0. The molecule has 3 heterocycles. The van der Waals surface area contributed by atoms with Crippen molar-refractivity contribution in [2.75, 3.05) is 30.7 Å². The summed E-state index contributed by atoms with van der Waals surface area (Å²) in [6, 6.07) is 8.54. The smallest absolute Gasteiger partial charge is 0.413 e. The minimum atomic E-state index is -0.750. The fourth-order valence-corrected chi connectivity index (χ4v) is 4.37. The summed E-state index contributed by atoms with van der Waals surface area (Å²) in [5.41, 5.74) is 13.4. The molecule has 39 heavy (non-hydrogen) atoms. The third-order valence-electron chi connectivity index (χ3n) is 6.06. The number of hydrogen-bond donors (Lipinski definition) is 5. The molecule has 2 aromatic heterocycles. The normalized spacial score (nSPS) is 13.1. The lowest BCUT2D eigenvalue weighted by Crippen LogP contribution is -2.36. The van der Waals surface area contributed by atoms with Gasteiger partial charge in [0, 0.05) is 35.3 Å². The van der Waals surface area contributed by atoms with Gasteiger partial charge in [0.15, 0.2) is 0 Å². The number of benzene rings is 2. The first-order valence-corrected chi connectivity index (χ1v) is 12.5. The predicted molar refractivity (Wildman–Crippen MR) is 149 cm³/mol. The molecule has 0 atom stereocenters. The van der Waals surface area contributed by atoms with E-state index < -0.39 is 17.6 Å². The summed E-state index contributed by atoms with van der Waals surface area (Å²) in [4.78, 5) is 43.4. The van der Waals surface area contributed by atoms with Crippen molar-refractivity contribution in [3.8, 4) is 11.8 Å². The van der Waals surface area contributed by atoms with Gasteiger partial charge in [-0.25, -0.2) is 9.78 Å². The number of likely N-dealkylation sites (tertiary alicyclic amines) is 1. The number of amidine groups is 1. The Morgan fingerprint density at radius 1 is 1.13 bits per heavy atom. The Hall–Kier alpha value is -4.85. The highest BCUT2D eigenvalue weighted by Crippen LogP contribution is 2.32. The fraction of sp³-hybridized carbons (Fsp3) is 0.321. The number of amides is 3. The molecule has 2 aromatic carbocycles. The minimum absolute atomic E-state index is 0.0622. The molecule has 11 nitrogen and oxygen atoms in total. The summed E-state index contributed by atoms with van der Waals surface area (Å²) in [5, 5.41) is 13.9. The SMILES string of the molecule is CC(C)(C)OC(=O)NC(=N)c1ccc(NCC#Cc2cc3nc(N)c2c(C(N)=O)c3C(=O)N2CCCC2)cc1. The maximum Gasteiger partial charge on any atom is 0.413 e. The van der Waals surface area contributed by atoms with Gasteiger partial charge in [-0.2, -0.15) is 0 Å². The fourth-order valence-electron chi connectivity index (χ4n) is 4.37. The van der Waals surface area contributed by atoms with E-state index in [1.807, 2.05) is 0 Å². The van der Waals surface area contributed by atoms with Crippen molar-refractivity contribution in [1.29, 1.82) is 5.41 Å². The van der Waals surface area contributed by atoms with E-state index in [4.69, 9.17) is 21.6 Å². The molecule has 11 heteroatoms. The number of nitrogen functional groups attached to an aromatic ring is 1. The third kappa shape index (κ3) is 6.18. The van der Waals surface area contributed by atoms with Gasteiger partial charge in [0.2, 0.25) is 5.91 Å². The first-order valence-electron chi connectivity index (χ1n) is 12.5. The van der Waals surface area contributed by atoms with Gasteiger partial charge in [0.05, 0.1) is 23.2 Å². The Morgan fingerprint density at radius 3 is 2.41 bits per heavy atom. The lowest BCUT2D eigenvalue weighted by Gasteiger charge is -2.20. The van der Waals surface area contributed by atoms with Gasteiger partial charge in [-0.3, -0.25) is 20.3 Å². The van der Waals surface area contributed by atoms with Crippen LogP contribution in [0.4, 0.5) is 16.3 Å². The summed E-state index contributed by atoms with van der Waals surface area (Å²) < 4.78 is 5.17. The molecular formula is C28H31N7O4. The molecule has 1 saturated heterocycles. The average molecular weight is 530 g/mol. The van der Waals surface area contributed by atoms with Crippen LogP contribution >= 0.6 is 0 Å². The Bertz CT molecular complexity index is 1490. The second-order valence-corrected chi connectivity index (χ2v) is 10.2. The number of carbonyl (C=O) groups excluding carboxylic acids is 3. The number of ether oxygens (including phenoxy) is 1. The van der Waals surface area contributed by atoms with Crippen LogP contribution in [0.25, 0.3) is 10.9 Å². The number of anilines is 2. The first-order chi connectivity index (χ1) is 18.4. The number of alkyl carbamates (subject to hydrolysis) is 1. The Morgan fingerprint density at radius 2 is 1.79 bits per heavy atom. The van der Waals surface area contributed by atoms with Gasteiger partial charge in [-0.1, -0.05) is 11.8 Å². The van der Waals surface area contributed by atoms with Crippen LogP contribution in [-0.4, -0.2) is 58.9 Å². The number of hydrogen-bond acceptors (Lipinski definition) is 8. The second kappa shape index (κ2) is 10.9. The highest BCUT2D eigenvalue weighted by Gasteiger charge is 2.30. The zero-order chi connectivity index (χ0) is 28.3. The molecule has 0 unspecified atom stereocenters. The van der Waals surface area contributed by atoms with E-state index in [0.29, 0.717) is 29.7 Å². The molecular weight excluding hydrogens is 498 g/mol. The molecule has 2 bridgehead atoms. The quantitative estimate of drug-likeness (QED) is 0.192. The van der Waals surface area contributed by atoms with Crippen LogP contribution in [0.5, 0.6) is 0 Å². The summed E-state index contributed by atoms with van der Waals surface area (Å²) >= 11 is 0. The molecule has 1 aliphatic rings. The number of nitrogens with zero attached hydrogens (tertiary/aromatic N) is 2. The third-order valence-corrected chi connectivity index (χ3v) is 6.06. The maximum absolute atomic E-state index is 13.1. The molecule has 5 rings (SSSR count). The second-order valence-electron chi connectivity index (χ2n) is 10.2. The van der Waals surface area contributed by atoms with Crippen molar-refractivity contribution in [3.63, 3.8) is 0 Å². The first kappa shape index (κ1) is 27.2. The standard InChI is InChI=1S/C28H31N7O4/c1-28(2,3)39-27(38)34-23(29)16-8-10-18(11-9-16)32-12-6-7-17-15-19-21(26(37)35-13-4-5-14-35)22(25(31)36)20(17)24(30)33-19/h8-11,15,32H,4-5,12-14H2,1-3H3,(H2,30,33)(H2,31,36)(H2,29,34,38). The number of nitrogens with two attached hydrogens (primary N) is 2.